The first kappa shape index (κ1) is 20.5. The zero-order valence-electron chi connectivity index (χ0n) is 13.9. The van der Waals surface area contributed by atoms with Crippen LogP contribution in [0.15, 0.2) is 28.6 Å². The van der Waals surface area contributed by atoms with Gasteiger partial charge in [0.1, 0.15) is 11.3 Å². The third-order valence-electron chi connectivity index (χ3n) is 3.30. The number of hydrogen-bond acceptors (Lipinski definition) is 8. The molecule has 0 spiro atoms. The van der Waals surface area contributed by atoms with Crippen LogP contribution in [-0.2, 0) is 9.59 Å². The third kappa shape index (κ3) is 5.19. The van der Waals surface area contributed by atoms with Crippen molar-refractivity contribution in [1.82, 2.24) is 10.4 Å². The molecule has 0 radical (unpaired) electrons. The van der Waals surface area contributed by atoms with Crippen molar-refractivity contribution in [1.29, 1.82) is 5.53 Å². The molecule has 1 atom stereocenters. The zero-order chi connectivity index (χ0) is 19.2. The zero-order valence-corrected chi connectivity index (χ0v) is 14.7. The van der Waals surface area contributed by atoms with Crippen LogP contribution >= 0.6 is 11.6 Å². The first-order chi connectivity index (χ1) is 11.7. The summed E-state index contributed by atoms with van der Waals surface area (Å²) in [5.74, 6) is 4.54. The molecule has 1 unspecified atom stereocenters. The Morgan fingerprint density at radius 3 is 2.64 bits per heavy atom. The number of nitrogens with one attached hydrogen (secondary N) is 2. The molecule has 0 heterocycles. The summed E-state index contributed by atoms with van der Waals surface area (Å²) in [6, 6.07) is 3.07. The Balaban J connectivity index is 3.32. The van der Waals surface area contributed by atoms with Gasteiger partial charge in [-0.1, -0.05) is 22.0 Å². The summed E-state index contributed by atoms with van der Waals surface area (Å²) in [6.45, 7) is 2.92. The molecule has 0 aliphatic rings. The van der Waals surface area contributed by atoms with Crippen molar-refractivity contribution in [3.63, 3.8) is 0 Å². The van der Waals surface area contributed by atoms with Gasteiger partial charge in [-0.3, -0.25) is 14.6 Å². The number of nitroso groups, excluding NO2 is 1. The second kappa shape index (κ2) is 8.49. The lowest BCUT2D eigenvalue weighted by Gasteiger charge is -2.29. The average Bonchev–Trinajstić information content (AvgIpc) is 2.55. The summed E-state index contributed by atoms with van der Waals surface area (Å²) in [5.41, 5.74) is 7.71. The number of rotatable bonds is 8. The second-order valence-corrected chi connectivity index (χ2v) is 6.19. The van der Waals surface area contributed by atoms with Crippen molar-refractivity contribution >= 4 is 23.4 Å². The number of benzene rings is 1. The van der Waals surface area contributed by atoms with E-state index in [9.17, 15) is 14.5 Å². The molecule has 1 aromatic carbocycles. The van der Waals surface area contributed by atoms with E-state index in [1.807, 2.05) is 5.43 Å². The Morgan fingerprint density at radius 1 is 1.48 bits per heavy atom. The van der Waals surface area contributed by atoms with E-state index in [1.165, 1.54) is 39.2 Å². The highest BCUT2D eigenvalue weighted by Gasteiger charge is 2.35. The smallest absolute Gasteiger partial charge is 0.270 e. The van der Waals surface area contributed by atoms with Gasteiger partial charge in [0, 0.05) is 10.6 Å². The van der Waals surface area contributed by atoms with Crippen molar-refractivity contribution < 1.29 is 14.3 Å². The number of hydrazine groups is 1. The summed E-state index contributed by atoms with van der Waals surface area (Å²) in [6.07, 6.45) is -0.322. The molecule has 0 aromatic heterocycles. The van der Waals surface area contributed by atoms with Gasteiger partial charge in [-0.25, -0.2) is 11.3 Å². The molecule has 4 N–H and O–H groups in total. The van der Waals surface area contributed by atoms with Crippen LogP contribution in [-0.4, -0.2) is 29.5 Å². The lowest BCUT2D eigenvalue weighted by molar-refractivity contribution is -0.142. The van der Waals surface area contributed by atoms with Gasteiger partial charge in [0.25, 0.3) is 5.91 Å². The maximum Gasteiger partial charge on any atom is 0.270 e. The summed E-state index contributed by atoms with van der Waals surface area (Å²) in [7, 11) is 1.37. The van der Waals surface area contributed by atoms with E-state index in [4.69, 9.17) is 27.7 Å². The number of hydrogen-bond donors (Lipinski definition) is 3. The molecule has 1 aromatic rings. The van der Waals surface area contributed by atoms with E-state index in [-0.39, 0.29) is 22.8 Å². The van der Waals surface area contributed by atoms with E-state index < -0.39 is 23.4 Å². The topological polar surface area (TPSA) is 150 Å². The van der Waals surface area contributed by atoms with Crippen LogP contribution in [0, 0.1) is 10.4 Å². The van der Waals surface area contributed by atoms with Gasteiger partial charge in [0.15, 0.2) is 6.04 Å². The van der Waals surface area contributed by atoms with Crippen LogP contribution in [0.4, 0.5) is 0 Å². The Hall–Kier alpha value is -2.59. The van der Waals surface area contributed by atoms with E-state index in [2.05, 4.69) is 10.4 Å². The number of halogens is 1. The Labute approximate surface area is 149 Å². The molecule has 2 amide bonds. The maximum atomic E-state index is 12.4. The Morgan fingerprint density at radius 2 is 2.12 bits per heavy atom. The monoisotopic (exact) mass is 370 g/mol. The first-order valence-electron chi connectivity index (χ1n) is 7.08. The van der Waals surface area contributed by atoms with Gasteiger partial charge in [-0.2, -0.15) is 10.4 Å². The normalized spacial score (nSPS) is 12.0. The van der Waals surface area contributed by atoms with Crippen LogP contribution in [0.2, 0.25) is 5.02 Å². The van der Waals surface area contributed by atoms with Gasteiger partial charge in [0.05, 0.1) is 13.5 Å². The summed E-state index contributed by atoms with van der Waals surface area (Å²) >= 11 is 5.96. The molecule has 0 saturated carbocycles. The molecule has 0 saturated heterocycles. The van der Waals surface area contributed by atoms with Gasteiger partial charge in [0.2, 0.25) is 5.91 Å². The fourth-order valence-electron chi connectivity index (χ4n) is 2.09. The Bertz CT molecular complexity index is 681. The van der Waals surface area contributed by atoms with Gasteiger partial charge in [-0.15, -0.1) is 0 Å². The van der Waals surface area contributed by atoms with Crippen molar-refractivity contribution in [2.45, 2.75) is 31.8 Å². The van der Waals surface area contributed by atoms with Crippen molar-refractivity contribution in [3.8, 4) is 5.75 Å². The van der Waals surface area contributed by atoms with Crippen molar-refractivity contribution in [2.75, 3.05) is 7.11 Å². The minimum Gasteiger partial charge on any atom is -0.496 e. The molecule has 1 rings (SSSR count). The molecular formula is C14H19ClN6O4. The number of carbonyl (C=O) groups excluding carboxylic acids is 2. The third-order valence-corrected chi connectivity index (χ3v) is 3.53. The highest BCUT2D eigenvalue weighted by atomic mass is 35.5. The molecular weight excluding hydrogens is 352 g/mol. The van der Waals surface area contributed by atoms with Gasteiger partial charge in [-0.05, 0) is 32.0 Å². The number of methoxy groups -OCH3 is 1. The minimum atomic E-state index is -1.38. The molecule has 11 heteroatoms. The van der Waals surface area contributed by atoms with E-state index >= 15 is 0 Å². The molecule has 0 bridgehead atoms. The molecule has 10 nitrogen and oxygen atoms in total. The molecule has 136 valence electrons. The van der Waals surface area contributed by atoms with Crippen LogP contribution < -0.4 is 16.0 Å². The molecule has 25 heavy (non-hydrogen) atoms. The summed E-state index contributed by atoms with van der Waals surface area (Å²) in [5, 5.41) is 6.59. The van der Waals surface area contributed by atoms with Crippen molar-refractivity contribution in [2.24, 2.45) is 16.2 Å². The van der Waals surface area contributed by atoms with Gasteiger partial charge < -0.3 is 4.74 Å². The van der Waals surface area contributed by atoms with Crippen LogP contribution in [0.5, 0.6) is 5.75 Å². The highest BCUT2D eigenvalue weighted by Crippen LogP contribution is 2.32. The van der Waals surface area contributed by atoms with Crippen molar-refractivity contribution in [3.05, 3.63) is 33.7 Å². The highest BCUT2D eigenvalue weighted by molar-refractivity contribution is 6.30. The SMILES string of the molecule is COc1ccc(Cl)cc1C(C(=O)NN=N)N(N)C(=O)CC(C)(C)N=O. The number of carbonyl (C=O) groups is 2. The fraction of sp³-hybridized carbons (Fsp3) is 0.429. The van der Waals surface area contributed by atoms with Crippen LogP contribution in [0.1, 0.15) is 31.9 Å². The standard InChI is InChI=1S/C14H19ClN6O4/c1-14(2,19-24)7-11(22)21(17)12(13(23)18-20-16)9-6-8(15)4-5-10(9)25-3/h4-6,12H,7,17H2,1-3H3,(H2,16,18,23). The lowest BCUT2D eigenvalue weighted by atomic mass is 9.99. The van der Waals surface area contributed by atoms with E-state index in [0.717, 1.165) is 0 Å². The average molecular weight is 371 g/mol. The summed E-state index contributed by atoms with van der Waals surface area (Å²) in [4.78, 5) is 35.5. The van der Waals surface area contributed by atoms with E-state index in [1.54, 1.807) is 0 Å². The molecule has 0 fully saturated rings. The van der Waals surface area contributed by atoms with Crippen LogP contribution in [0.3, 0.4) is 0 Å². The molecule has 0 aliphatic carbocycles. The summed E-state index contributed by atoms with van der Waals surface area (Å²) < 4.78 is 5.18. The maximum absolute atomic E-state index is 12.4. The number of nitrogens with two attached hydrogens (primary N) is 1. The predicted molar refractivity (Wildman–Crippen MR) is 89.6 cm³/mol. The Kier molecular flexibility index (Phi) is 6.95. The molecule has 0 aliphatic heterocycles. The number of ether oxygens (including phenoxy) is 1. The fourth-order valence-corrected chi connectivity index (χ4v) is 2.27. The van der Waals surface area contributed by atoms with Gasteiger partial charge >= 0.3 is 0 Å². The predicted octanol–water partition coefficient (Wildman–Crippen LogP) is 2.09. The largest absolute Gasteiger partial charge is 0.496 e. The van der Waals surface area contributed by atoms with Crippen LogP contribution in [0.25, 0.3) is 0 Å². The number of amides is 2. The lowest BCUT2D eigenvalue weighted by Crippen LogP contribution is -2.48. The number of nitrogens with zero attached hydrogens (tertiary/aromatic N) is 3. The quantitative estimate of drug-likeness (QED) is 0.210. The second-order valence-electron chi connectivity index (χ2n) is 5.76. The van der Waals surface area contributed by atoms with E-state index in [0.29, 0.717) is 5.01 Å². The first-order valence-corrected chi connectivity index (χ1v) is 7.45. The minimum absolute atomic E-state index is 0.198.